The summed E-state index contributed by atoms with van der Waals surface area (Å²) in [6.45, 7) is 3.69. The van der Waals surface area contributed by atoms with Crippen LogP contribution in [0.3, 0.4) is 0 Å². The minimum absolute atomic E-state index is 0.128. The molecule has 1 aromatic rings. The fourth-order valence-electron chi connectivity index (χ4n) is 1.21. The van der Waals surface area contributed by atoms with Crippen molar-refractivity contribution in [2.75, 3.05) is 5.32 Å². The molecule has 5 heteroatoms. The van der Waals surface area contributed by atoms with Gasteiger partial charge in [-0.3, -0.25) is 4.79 Å². The lowest BCUT2D eigenvalue weighted by molar-refractivity contribution is -0.119. The van der Waals surface area contributed by atoms with Gasteiger partial charge in [0.15, 0.2) is 0 Å². The average molecular weight is 254 g/mol. The van der Waals surface area contributed by atoms with Gasteiger partial charge in [0.05, 0.1) is 5.69 Å². The first-order valence-electron chi connectivity index (χ1n) is 5.36. The molecule has 3 nitrogen and oxygen atoms in total. The van der Waals surface area contributed by atoms with Crippen LogP contribution in [0.1, 0.15) is 25.8 Å². The van der Waals surface area contributed by atoms with Crippen molar-refractivity contribution in [1.82, 2.24) is 0 Å². The van der Waals surface area contributed by atoms with Gasteiger partial charge in [0.1, 0.15) is 10.8 Å². The Kier molecular flexibility index (Phi) is 4.57. The lowest BCUT2D eigenvalue weighted by atomic mass is 10.1. The average Bonchev–Trinajstić information content (AvgIpc) is 2.30. The van der Waals surface area contributed by atoms with Gasteiger partial charge in [0.2, 0.25) is 5.91 Å². The van der Waals surface area contributed by atoms with Gasteiger partial charge in [0, 0.05) is 11.5 Å². The first-order valence-corrected chi connectivity index (χ1v) is 5.76. The molecule has 0 fully saturated rings. The molecule has 0 bridgehead atoms. The van der Waals surface area contributed by atoms with Crippen molar-refractivity contribution < 1.29 is 9.18 Å². The number of carbonyl (C=O) groups is 1. The number of nitrogens with one attached hydrogen (secondary N) is 1. The molecule has 3 N–H and O–H groups in total. The Morgan fingerprint density at radius 1 is 1.59 bits per heavy atom. The summed E-state index contributed by atoms with van der Waals surface area (Å²) >= 11 is 4.74. The predicted molar refractivity (Wildman–Crippen MR) is 70.4 cm³/mol. The number of thiocarbonyl (C=S) groups is 1. The quantitative estimate of drug-likeness (QED) is 0.811. The van der Waals surface area contributed by atoms with E-state index in [4.69, 9.17) is 18.0 Å². The highest BCUT2D eigenvalue weighted by Crippen LogP contribution is 2.17. The fourth-order valence-corrected chi connectivity index (χ4v) is 1.34. The molecule has 0 spiro atoms. The van der Waals surface area contributed by atoms with Gasteiger partial charge in [-0.05, 0) is 24.6 Å². The van der Waals surface area contributed by atoms with E-state index >= 15 is 0 Å². The normalized spacial score (nSPS) is 11.9. The Morgan fingerprint density at radius 3 is 2.71 bits per heavy atom. The summed E-state index contributed by atoms with van der Waals surface area (Å²) in [5.74, 6) is -0.883. The minimum Gasteiger partial charge on any atom is -0.389 e. The standard InChI is InChI=1S/C12H15FN2OS/c1-3-7(2)12(16)15-10-5-4-8(11(14)17)6-9(10)13/h4-7H,3H2,1-2H3,(H2,14,17)(H,15,16). The number of amides is 1. The Bertz CT molecular complexity index is 448. The molecule has 1 aromatic carbocycles. The maximum absolute atomic E-state index is 13.6. The molecule has 0 aliphatic rings. The molecule has 0 saturated carbocycles. The number of hydrogen-bond acceptors (Lipinski definition) is 2. The molecule has 1 rings (SSSR count). The van der Waals surface area contributed by atoms with Crippen molar-refractivity contribution in [3.8, 4) is 0 Å². The van der Waals surface area contributed by atoms with Crippen LogP contribution in [-0.4, -0.2) is 10.9 Å². The second-order valence-electron chi connectivity index (χ2n) is 3.86. The molecule has 17 heavy (non-hydrogen) atoms. The summed E-state index contributed by atoms with van der Waals surface area (Å²) in [6.07, 6.45) is 0.707. The van der Waals surface area contributed by atoms with Crippen LogP contribution in [0.4, 0.5) is 10.1 Å². The Labute approximate surface area is 105 Å². The van der Waals surface area contributed by atoms with E-state index < -0.39 is 5.82 Å². The van der Waals surface area contributed by atoms with Crippen molar-refractivity contribution in [1.29, 1.82) is 0 Å². The largest absolute Gasteiger partial charge is 0.389 e. The van der Waals surface area contributed by atoms with Gasteiger partial charge in [-0.2, -0.15) is 0 Å². The Hall–Kier alpha value is -1.49. The highest BCUT2D eigenvalue weighted by Gasteiger charge is 2.13. The molecule has 0 aliphatic carbocycles. The van der Waals surface area contributed by atoms with Crippen LogP contribution < -0.4 is 11.1 Å². The summed E-state index contributed by atoms with van der Waals surface area (Å²) in [6, 6.07) is 4.26. The van der Waals surface area contributed by atoms with Crippen LogP contribution in [0.2, 0.25) is 0 Å². The van der Waals surface area contributed by atoms with E-state index in [1.54, 1.807) is 13.0 Å². The zero-order valence-corrected chi connectivity index (χ0v) is 10.6. The third-order valence-corrected chi connectivity index (χ3v) is 2.81. The van der Waals surface area contributed by atoms with E-state index in [9.17, 15) is 9.18 Å². The first-order chi connectivity index (χ1) is 7.95. The minimum atomic E-state index is -0.535. The summed E-state index contributed by atoms with van der Waals surface area (Å²) in [5, 5.41) is 2.53. The van der Waals surface area contributed by atoms with E-state index in [0.29, 0.717) is 12.0 Å². The molecular formula is C12H15FN2OS. The number of halogens is 1. The van der Waals surface area contributed by atoms with Gasteiger partial charge in [-0.25, -0.2) is 4.39 Å². The van der Waals surface area contributed by atoms with Gasteiger partial charge >= 0.3 is 0 Å². The van der Waals surface area contributed by atoms with Crippen LogP contribution in [0.15, 0.2) is 18.2 Å². The van der Waals surface area contributed by atoms with Crippen LogP contribution in [0.5, 0.6) is 0 Å². The van der Waals surface area contributed by atoms with Gasteiger partial charge in [0.25, 0.3) is 0 Å². The van der Waals surface area contributed by atoms with Crippen molar-refractivity contribution in [3.05, 3.63) is 29.6 Å². The number of rotatable bonds is 4. The molecule has 0 heterocycles. The van der Waals surface area contributed by atoms with E-state index in [-0.39, 0.29) is 22.5 Å². The third kappa shape index (κ3) is 3.49. The molecule has 0 aromatic heterocycles. The maximum atomic E-state index is 13.6. The SMILES string of the molecule is CCC(C)C(=O)Nc1ccc(C(N)=S)cc1F. The van der Waals surface area contributed by atoms with Gasteiger partial charge < -0.3 is 11.1 Å². The van der Waals surface area contributed by atoms with E-state index in [2.05, 4.69) is 5.32 Å². The van der Waals surface area contributed by atoms with E-state index in [0.717, 1.165) is 0 Å². The number of hydrogen-bond donors (Lipinski definition) is 2. The summed E-state index contributed by atoms with van der Waals surface area (Å²) in [4.78, 5) is 11.7. The van der Waals surface area contributed by atoms with Crippen molar-refractivity contribution in [2.24, 2.45) is 11.7 Å². The number of anilines is 1. The van der Waals surface area contributed by atoms with Crippen LogP contribution in [-0.2, 0) is 4.79 Å². The third-order valence-electron chi connectivity index (χ3n) is 2.57. The van der Waals surface area contributed by atoms with Crippen LogP contribution in [0.25, 0.3) is 0 Å². The van der Waals surface area contributed by atoms with Crippen molar-refractivity contribution in [3.63, 3.8) is 0 Å². The topological polar surface area (TPSA) is 55.1 Å². The van der Waals surface area contributed by atoms with Gasteiger partial charge in [-0.1, -0.05) is 26.1 Å². The first kappa shape index (κ1) is 13.6. The van der Waals surface area contributed by atoms with Crippen LogP contribution >= 0.6 is 12.2 Å². The van der Waals surface area contributed by atoms with Crippen molar-refractivity contribution in [2.45, 2.75) is 20.3 Å². The fraction of sp³-hybridized carbons (Fsp3) is 0.333. The summed E-state index contributed by atoms with van der Waals surface area (Å²) in [7, 11) is 0. The second-order valence-corrected chi connectivity index (χ2v) is 4.30. The summed E-state index contributed by atoms with van der Waals surface area (Å²) in [5.41, 5.74) is 5.97. The smallest absolute Gasteiger partial charge is 0.227 e. The Balaban J connectivity index is 2.86. The lowest BCUT2D eigenvalue weighted by Crippen LogP contribution is -2.20. The lowest BCUT2D eigenvalue weighted by Gasteiger charge is -2.11. The van der Waals surface area contributed by atoms with Gasteiger partial charge in [-0.15, -0.1) is 0 Å². The predicted octanol–water partition coefficient (Wildman–Crippen LogP) is 2.44. The zero-order valence-electron chi connectivity index (χ0n) is 9.79. The number of carbonyl (C=O) groups excluding carboxylic acids is 1. The molecule has 0 radical (unpaired) electrons. The monoisotopic (exact) mass is 254 g/mol. The molecule has 1 unspecified atom stereocenters. The maximum Gasteiger partial charge on any atom is 0.227 e. The van der Waals surface area contributed by atoms with E-state index in [1.807, 2.05) is 6.92 Å². The molecule has 0 aliphatic heterocycles. The second kappa shape index (κ2) is 5.72. The van der Waals surface area contributed by atoms with Crippen LogP contribution in [0, 0.1) is 11.7 Å². The zero-order chi connectivity index (χ0) is 13.0. The number of benzene rings is 1. The number of nitrogens with two attached hydrogens (primary N) is 1. The van der Waals surface area contributed by atoms with Crippen molar-refractivity contribution >= 4 is 28.8 Å². The van der Waals surface area contributed by atoms with E-state index in [1.165, 1.54) is 12.1 Å². The molecular weight excluding hydrogens is 239 g/mol. The highest BCUT2D eigenvalue weighted by molar-refractivity contribution is 7.80. The molecule has 0 saturated heterocycles. The molecule has 1 atom stereocenters. The Morgan fingerprint density at radius 2 is 2.24 bits per heavy atom. The highest BCUT2D eigenvalue weighted by atomic mass is 32.1. The summed E-state index contributed by atoms with van der Waals surface area (Å²) < 4.78 is 13.6. The molecule has 92 valence electrons. The molecule has 1 amide bonds.